The van der Waals surface area contributed by atoms with E-state index in [2.05, 4.69) is 5.32 Å². The summed E-state index contributed by atoms with van der Waals surface area (Å²) in [6.45, 7) is 0.0746. The van der Waals surface area contributed by atoms with E-state index in [1.54, 1.807) is 18.2 Å². The largest absolute Gasteiger partial charge is 0.483 e. The third-order valence-electron chi connectivity index (χ3n) is 4.46. The summed E-state index contributed by atoms with van der Waals surface area (Å²) in [5, 5.41) is 31.4. The number of carbonyl (C=O) groups excluding carboxylic acids is 2. The standard InChI is InChI=1S/C18H20N2O9/c19-17(25)10(6-15(22)23)20-18(26)8-3-11(21)16(24)14(4-8)29-9-1-2-12-13(5-9)28-7-27-12/h1-2,4-5,10-11,14,16,21,24H,3,6-7H2,(H2,19,25)(H,20,26)(H,22,23). The number of benzene rings is 1. The molecule has 0 radical (unpaired) electrons. The Kier molecular flexibility index (Phi) is 5.89. The molecule has 3 rings (SSSR count). The molecule has 0 fully saturated rings. The predicted molar refractivity (Wildman–Crippen MR) is 95.1 cm³/mol. The highest BCUT2D eigenvalue weighted by molar-refractivity contribution is 5.98. The summed E-state index contributed by atoms with van der Waals surface area (Å²) in [7, 11) is 0. The number of aliphatic carboxylic acids is 1. The summed E-state index contributed by atoms with van der Waals surface area (Å²) in [5.74, 6) is -1.82. The zero-order valence-corrected chi connectivity index (χ0v) is 15.1. The molecule has 1 heterocycles. The number of nitrogens with two attached hydrogens (primary N) is 1. The number of primary amides is 1. The first-order chi connectivity index (χ1) is 13.7. The Labute approximate surface area is 164 Å². The van der Waals surface area contributed by atoms with Gasteiger partial charge in [-0.15, -0.1) is 0 Å². The van der Waals surface area contributed by atoms with Gasteiger partial charge >= 0.3 is 5.97 Å². The van der Waals surface area contributed by atoms with Crippen molar-refractivity contribution in [1.82, 2.24) is 5.32 Å². The van der Waals surface area contributed by atoms with Gasteiger partial charge in [0.2, 0.25) is 18.6 Å². The summed E-state index contributed by atoms with van der Waals surface area (Å²) in [6, 6.07) is 3.31. The van der Waals surface area contributed by atoms with Gasteiger partial charge < -0.3 is 40.6 Å². The number of aliphatic hydroxyl groups is 2. The Hall–Kier alpha value is -3.31. The van der Waals surface area contributed by atoms with Crippen LogP contribution in [0.15, 0.2) is 29.8 Å². The normalized spacial score (nSPS) is 23.7. The molecule has 11 heteroatoms. The highest BCUT2D eigenvalue weighted by Crippen LogP contribution is 2.36. The van der Waals surface area contributed by atoms with Crippen LogP contribution in [0.25, 0.3) is 0 Å². The number of hydrogen-bond acceptors (Lipinski definition) is 8. The van der Waals surface area contributed by atoms with Gasteiger partial charge in [0.25, 0.3) is 0 Å². The molecule has 29 heavy (non-hydrogen) atoms. The fraction of sp³-hybridized carbons (Fsp3) is 0.389. The van der Waals surface area contributed by atoms with E-state index in [-0.39, 0.29) is 18.8 Å². The molecule has 1 aromatic rings. The van der Waals surface area contributed by atoms with E-state index >= 15 is 0 Å². The van der Waals surface area contributed by atoms with Gasteiger partial charge in [0.15, 0.2) is 11.5 Å². The topological polar surface area (TPSA) is 178 Å². The van der Waals surface area contributed by atoms with Crippen molar-refractivity contribution in [2.24, 2.45) is 5.73 Å². The molecule has 2 aliphatic rings. The zero-order chi connectivity index (χ0) is 21.1. The minimum Gasteiger partial charge on any atom is -0.483 e. The molecule has 1 aliphatic carbocycles. The summed E-state index contributed by atoms with van der Waals surface area (Å²) in [4.78, 5) is 34.6. The molecule has 0 saturated heterocycles. The van der Waals surface area contributed by atoms with Crippen LogP contribution in [-0.4, -0.2) is 64.2 Å². The van der Waals surface area contributed by atoms with Crippen molar-refractivity contribution in [3.8, 4) is 17.2 Å². The fourth-order valence-electron chi connectivity index (χ4n) is 2.96. The highest BCUT2D eigenvalue weighted by Gasteiger charge is 2.35. The molecule has 11 nitrogen and oxygen atoms in total. The maximum absolute atomic E-state index is 12.4. The summed E-state index contributed by atoms with van der Waals surface area (Å²) >= 11 is 0. The molecule has 156 valence electrons. The molecule has 6 N–H and O–H groups in total. The average molecular weight is 408 g/mol. The molecule has 1 aliphatic heterocycles. The first-order valence-corrected chi connectivity index (χ1v) is 8.69. The van der Waals surface area contributed by atoms with Gasteiger partial charge in [-0.05, 0) is 18.2 Å². The van der Waals surface area contributed by atoms with Crippen molar-refractivity contribution in [3.63, 3.8) is 0 Å². The van der Waals surface area contributed by atoms with Gasteiger partial charge in [0.1, 0.15) is 24.0 Å². The molecule has 1 aromatic carbocycles. The number of aliphatic hydroxyl groups excluding tert-OH is 2. The van der Waals surface area contributed by atoms with Crippen LogP contribution < -0.4 is 25.3 Å². The number of nitrogens with one attached hydrogen (secondary N) is 1. The molecule has 4 atom stereocenters. The summed E-state index contributed by atoms with van der Waals surface area (Å²) in [5.41, 5.74) is 5.13. The first kappa shape index (κ1) is 20.4. The lowest BCUT2D eigenvalue weighted by atomic mass is 9.91. The molecule has 0 spiro atoms. The van der Waals surface area contributed by atoms with Crippen LogP contribution in [0.2, 0.25) is 0 Å². The van der Waals surface area contributed by atoms with Gasteiger partial charge in [0, 0.05) is 18.1 Å². The van der Waals surface area contributed by atoms with E-state index in [0.717, 1.165) is 0 Å². The van der Waals surface area contributed by atoms with Crippen molar-refractivity contribution < 1.29 is 43.9 Å². The van der Waals surface area contributed by atoms with Gasteiger partial charge in [-0.1, -0.05) is 0 Å². The summed E-state index contributed by atoms with van der Waals surface area (Å²) < 4.78 is 16.1. The lowest BCUT2D eigenvalue weighted by Crippen LogP contribution is -2.49. The Morgan fingerprint density at radius 3 is 2.66 bits per heavy atom. The molecule has 2 amide bonds. The quantitative estimate of drug-likeness (QED) is 0.365. The number of carboxylic acid groups (broad SMARTS) is 1. The van der Waals surface area contributed by atoms with E-state index < -0.39 is 48.6 Å². The number of hydrogen-bond donors (Lipinski definition) is 5. The maximum atomic E-state index is 12.4. The van der Waals surface area contributed by atoms with Crippen LogP contribution in [0.3, 0.4) is 0 Å². The lowest BCUT2D eigenvalue weighted by molar-refractivity contribution is -0.140. The Morgan fingerprint density at radius 1 is 1.24 bits per heavy atom. The Balaban J connectivity index is 1.75. The van der Waals surface area contributed by atoms with Crippen LogP contribution >= 0.6 is 0 Å². The number of fused-ring (bicyclic) bond motifs is 1. The third kappa shape index (κ3) is 4.76. The molecule has 0 saturated carbocycles. The fourth-order valence-corrected chi connectivity index (χ4v) is 2.96. The third-order valence-corrected chi connectivity index (χ3v) is 4.46. The second-order valence-corrected chi connectivity index (χ2v) is 6.58. The van der Waals surface area contributed by atoms with E-state index in [4.69, 9.17) is 25.1 Å². The monoisotopic (exact) mass is 408 g/mol. The second kappa shape index (κ2) is 8.37. The maximum Gasteiger partial charge on any atom is 0.305 e. The first-order valence-electron chi connectivity index (χ1n) is 8.69. The molecule has 0 bridgehead atoms. The van der Waals surface area contributed by atoms with Crippen molar-refractivity contribution in [3.05, 3.63) is 29.8 Å². The van der Waals surface area contributed by atoms with Gasteiger partial charge in [-0.25, -0.2) is 0 Å². The number of carbonyl (C=O) groups is 3. The van der Waals surface area contributed by atoms with Crippen LogP contribution in [0.1, 0.15) is 12.8 Å². The number of carboxylic acids is 1. The minimum absolute atomic E-state index is 0.0187. The van der Waals surface area contributed by atoms with Crippen LogP contribution in [0.5, 0.6) is 17.2 Å². The van der Waals surface area contributed by atoms with E-state index in [1.807, 2.05) is 0 Å². The van der Waals surface area contributed by atoms with Crippen molar-refractivity contribution in [1.29, 1.82) is 0 Å². The predicted octanol–water partition coefficient (Wildman–Crippen LogP) is -1.34. The van der Waals surface area contributed by atoms with Crippen molar-refractivity contribution in [2.75, 3.05) is 6.79 Å². The molecular formula is C18H20N2O9. The van der Waals surface area contributed by atoms with E-state index in [1.165, 1.54) is 6.08 Å². The van der Waals surface area contributed by atoms with E-state index in [9.17, 15) is 24.6 Å². The van der Waals surface area contributed by atoms with Crippen LogP contribution in [0, 0.1) is 0 Å². The Morgan fingerprint density at radius 2 is 1.97 bits per heavy atom. The average Bonchev–Trinajstić information content (AvgIpc) is 3.12. The summed E-state index contributed by atoms with van der Waals surface area (Å²) in [6.07, 6.45) is -3.31. The van der Waals surface area contributed by atoms with Crippen LogP contribution in [-0.2, 0) is 14.4 Å². The Bertz CT molecular complexity index is 854. The van der Waals surface area contributed by atoms with Gasteiger partial charge in [0.05, 0.1) is 12.5 Å². The zero-order valence-electron chi connectivity index (χ0n) is 15.1. The second-order valence-electron chi connectivity index (χ2n) is 6.58. The van der Waals surface area contributed by atoms with Crippen LogP contribution in [0.4, 0.5) is 0 Å². The SMILES string of the molecule is NC(=O)C(CC(=O)O)NC(=O)C1=CC(Oc2ccc3c(c2)OCO3)C(O)C(O)C1. The molecular weight excluding hydrogens is 388 g/mol. The van der Waals surface area contributed by atoms with Crippen molar-refractivity contribution in [2.45, 2.75) is 37.2 Å². The highest BCUT2D eigenvalue weighted by atomic mass is 16.7. The minimum atomic E-state index is -1.42. The smallest absolute Gasteiger partial charge is 0.305 e. The molecule has 4 unspecified atom stereocenters. The van der Waals surface area contributed by atoms with E-state index in [0.29, 0.717) is 17.2 Å². The number of rotatable bonds is 7. The van der Waals surface area contributed by atoms with Gasteiger partial charge in [-0.2, -0.15) is 0 Å². The number of ether oxygens (including phenoxy) is 3. The molecule has 0 aromatic heterocycles. The van der Waals surface area contributed by atoms with Crippen molar-refractivity contribution >= 4 is 17.8 Å². The lowest BCUT2D eigenvalue weighted by Gasteiger charge is -2.31. The van der Waals surface area contributed by atoms with Gasteiger partial charge in [-0.3, -0.25) is 14.4 Å². The number of amides is 2.